The Labute approximate surface area is 147 Å². The van der Waals surface area contributed by atoms with Gasteiger partial charge in [0.2, 0.25) is 5.91 Å². The Hall–Kier alpha value is -2.04. The summed E-state index contributed by atoms with van der Waals surface area (Å²) >= 11 is 6.14. The van der Waals surface area contributed by atoms with Crippen molar-refractivity contribution in [1.82, 2.24) is 4.90 Å². The van der Waals surface area contributed by atoms with Crippen molar-refractivity contribution in [1.29, 1.82) is 0 Å². The summed E-state index contributed by atoms with van der Waals surface area (Å²) in [5, 5.41) is 0.715. The summed E-state index contributed by atoms with van der Waals surface area (Å²) in [5.74, 6) is 0.457. The van der Waals surface area contributed by atoms with E-state index in [4.69, 9.17) is 22.1 Å². The molecule has 3 rings (SSSR count). The van der Waals surface area contributed by atoms with Gasteiger partial charge in [0.15, 0.2) is 0 Å². The van der Waals surface area contributed by atoms with Crippen molar-refractivity contribution in [3.8, 4) is 5.75 Å². The highest BCUT2D eigenvalue weighted by atomic mass is 35.5. The molecule has 0 bridgehead atoms. The third-order valence-electron chi connectivity index (χ3n) is 4.30. The zero-order valence-corrected chi connectivity index (χ0v) is 14.4. The summed E-state index contributed by atoms with van der Waals surface area (Å²) < 4.78 is 5.46. The minimum Gasteiger partial charge on any atom is -0.496 e. The quantitative estimate of drug-likeness (QED) is 0.834. The van der Waals surface area contributed by atoms with E-state index >= 15 is 0 Å². The number of benzene rings is 2. The van der Waals surface area contributed by atoms with Crippen LogP contribution in [0.2, 0.25) is 5.02 Å². The van der Waals surface area contributed by atoms with Crippen LogP contribution in [0.1, 0.15) is 34.3 Å². The van der Waals surface area contributed by atoms with Crippen molar-refractivity contribution in [2.75, 3.05) is 7.11 Å². The van der Waals surface area contributed by atoms with Crippen LogP contribution in [0.15, 0.2) is 42.5 Å². The van der Waals surface area contributed by atoms with Gasteiger partial charge in [-0.15, -0.1) is 0 Å². The lowest BCUT2D eigenvalue weighted by Gasteiger charge is -2.23. The first-order valence-electron chi connectivity index (χ1n) is 8.02. The molecule has 0 saturated heterocycles. The lowest BCUT2D eigenvalue weighted by molar-refractivity contribution is 0.100. The minimum atomic E-state index is -0.399. The fourth-order valence-electron chi connectivity index (χ4n) is 2.85. The maximum atomic E-state index is 11.2. The van der Waals surface area contributed by atoms with Crippen LogP contribution in [-0.2, 0) is 13.1 Å². The third-order valence-corrected chi connectivity index (χ3v) is 4.54. The maximum absolute atomic E-state index is 11.2. The average Bonchev–Trinajstić information content (AvgIpc) is 3.40. The number of hydrogen-bond acceptors (Lipinski definition) is 3. The zero-order valence-electron chi connectivity index (χ0n) is 13.7. The number of halogens is 1. The van der Waals surface area contributed by atoms with E-state index in [0.29, 0.717) is 16.6 Å². The van der Waals surface area contributed by atoms with E-state index in [1.54, 1.807) is 19.2 Å². The van der Waals surface area contributed by atoms with E-state index in [-0.39, 0.29) is 0 Å². The average molecular weight is 345 g/mol. The summed E-state index contributed by atoms with van der Waals surface area (Å²) in [4.78, 5) is 13.6. The van der Waals surface area contributed by atoms with Crippen LogP contribution in [0, 0.1) is 0 Å². The highest BCUT2D eigenvalue weighted by molar-refractivity contribution is 6.30. The van der Waals surface area contributed by atoms with Gasteiger partial charge in [0.25, 0.3) is 0 Å². The summed E-state index contributed by atoms with van der Waals surface area (Å²) in [6.45, 7) is 1.60. The number of nitrogens with zero attached hydrogens (tertiary/aromatic N) is 1. The van der Waals surface area contributed by atoms with Crippen LogP contribution in [-0.4, -0.2) is 24.0 Å². The predicted molar refractivity (Wildman–Crippen MR) is 95.2 cm³/mol. The summed E-state index contributed by atoms with van der Waals surface area (Å²) in [7, 11) is 1.68. The van der Waals surface area contributed by atoms with E-state index in [2.05, 4.69) is 4.90 Å². The minimum absolute atomic E-state index is 0.399. The van der Waals surface area contributed by atoms with Gasteiger partial charge in [0.1, 0.15) is 5.75 Å². The molecule has 1 saturated carbocycles. The van der Waals surface area contributed by atoms with Gasteiger partial charge in [0.05, 0.1) is 7.11 Å². The highest BCUT2D eigenvalue weighted by Gasteiger charge is 2.29. The van der Waals surface area contributed by atoms with Gasteiger partial charge in [-0.3, -0.25) is 9.69 Å². The predicted octanol–water partition coefficient (Wildman–Crippen LogP) is 3.61. The second kappa shape index (κ2) is 7.24. The van der Waals surface area contributed by atoms with Gasteiger partial charge in [-0.25, -0.2) is 0 Å². The molecule has 24 heavy (non-hydrogen) atoms. The molecule has 1 aliphatic rings. The zero-order chi connectivity index (χ0) is 17.1. The molecule has 1 amide bonds. The van der Waals surface area contributed by atoms with Gasteiger partial charge in [-0.05, 0) is 48.7 Å². The molecule has 0 aromatic heterocycles. The van der Waals surface area contributed by atoms with Crippen molar-refractivity contribution in [2.24, 2.45) is 5.73 Å². The van der Waals surface area contributed by atoms with Gasteiger partial charge in [0, 0.05) is 35.3 Å². The molecule has 1 aliphatic carbocycles. The number of carbonyl (C=O) groups excluding carboxylic acids is 1. The molecule has 0 heterocycles. The smallest absolute Gasteiger partial charge is 0.248 e. The monoisotopic (exact) mass is 344 g/mol. The number of carbonyl (C=O) groups is 1. The van der Waals surface area contributed by atoms with Crippen molar-refractivity contribution in [3.63, 3.8) is 0 Å². The van der Waals surface area contributed by atoms with Crippen molar-refractivity contribution >= 4 is 17.5 Å². The molecule has 0 atom stereocenters. The van der Waals surface area contributed by atoms with Gasteiger partial charge in [-0.1, -0.05) is 23.7 Å². The fourth-order valence-corrected chi connectivity index (χ4v) is 3.05. The van der Waals surface area contributed by atoms with Gasteiger partial charge >= 0.3 is 0 Å². The number of amides is 1. The molecule has 0 aliphatic heterocycles. The Morgan fingerprint density at radius 1 is 1.21 bits per heavy atom. The first-order chi connectivity index (χ1) is 11.6. The summed E-state index contributed by atoms with van der Waals surface area (Å²) in [5.41, 5.74) is 8.08. The lowest BCUT2D eigenvalue weighted by atomic mass is 10.1. The highest BCUT2D eigenvalue weighted by Crippen LogP contribution is 2.32. The molecule has 1 fully saturated rings. The second-order valence-electron chi connectivity index (χ2n) is 6.15. The third kappa shape index (κ3) is 4.08. The molecular formula is C19H21ClN2O2. The van der Waals surface area contributed by atoms with Crippen LogP contribution in [0.3, 0.4) is 0 Å². The topological polar surface area (TPSA) is 55.6 Å². The Bertz CT molecular complexity index is 727. The summed E-state index contributed by atoms with van der Waals surface area (Å²) in [6, 6.07) is 13.8. The number of rotatable bonds is 7. The molecule has 2 N–H and O–H groups in total. The second-order valence-corrected chi connectivity index (χ2v) is 6.59. The molecule has 0 spiro atoms. The molecule has 2 aromatic carbocycles. The van der Waals surface area contributed by atoms with Crippen molar-refractivity contribution < 1.29 is 9.53 Å². The normalized spacial score (nSPS) is 14.0. The first kappa shape index (κ1) is 16.8. The molecule has 4 nitrogen and oxygen atoms in total. The number of ether oxygens (including phenoxy) is 1. The largest absolute Gasteiger partial charge is 0.496 e. The Morgan fingerprint density at radius 3 is 2.50 bits per heavy atom. The maximum Gasteiger partial charge on any atom is 0.248 e. The van der Waals surface area contributed by atoms with Crippen LogP contribution < -0.4 is 10.5 Å². The number of hydrogen-bond donors (Lipinski definition) is 1. The molecular weight excluding hydrogens is 324 g/mol. The van der Waals surface area contributed by atoms with Crippen molar-refractivity contribution in [3.05, 3.63) is 64.2 Å². The SMILES string of the molecule is COc1ccc(Cl)cc1CN(Cc1ccc(C(N)=O)cc1)C1CC1. The molecule has 5 heteroatoms. The van der Waals surface area contributed by atoms with Gasteiger partial charge < -0.3 is 10.5 Å². The molecule has 126 valence electrons. The van der Waals surface area contributed by atoms with Crippen molar-refractivity contribution in [2.45, 2.75) is 32.0 Å². The Balaban J connectivity index is 1.76. The Morgan fingerprint density at radius 2 is 1.92 bits per heavy atom. The Kier molecular flexibility index (Phi) is 5.07. The van der Waals surface area contributed by atoms with Crippen LogP contribution in [0.25, 0.3) is 0 Å². The standard InChI is InChI=1S/C19H21ClN2O2/c1-24-18-9-6-16(20)10-15(18)12-22(17-7-8-17)11-13-2-4-14(5-3-13)19(21)23/h2-6,9-10,17H,7-8,11-12H2,1H3,(H2,21,23). The van der Waals surface area contributed by atoms with E-state index in [9.17, 15) is 4.79 Å². The first-order valence-corrected chi connectivity index (χ1v) is 8.40. The molecule has 0 unspecified atom stereocenters. The molecule has 2 aromatic rings. The van der Waals surface area contributed by atoms with Crippen LogP contribution in [0.4, 0.5) is 0 Å². The van der Waals surface area contributed by atoms with E-state index in [1.165, 1.54) is 12.8 Å². The van der Waals surface area contributed by atoms with E-state index in [1.807, 2.05) is 30.3 Å². The van der Waals surface area contributed by atoms with Gasteiger partial charge in [-0.2, -0.15) is 0 Å². The number of nitrogens with two attached hydrogens (primary N) is 1. The fraction of sp³-hybridized carbons (Fsp3) is 0.316. The number of methoxy groups -OCH3 is 1. The van der Waals surface area contributed by atoms with E-state index in [0.717, 1.165) is 30.0 Å². The van der Waals surface area contributed by atoms with Crippen LogP contribution >= 0.6 is 11.6 Å². The molecule has 0 radical (unpaired) electrons. The number of primary amides is 1. The van der Waals surface area contributed by atoms with Crippen LogP contribution in [0.5, 0.6) is 5.75 Å². The van der Waals surface area contributed by atoms with E-state index < -0.39 is 5.91 Å². The lowest BCUT2D eigenvalue weighted by Crippen LogP contribution is -2.25. The summed E-state index contributed by atoms with van der Waals surface area (Å²) in [6.07, 6.45) is 2.42.